The first-order chi connectivity index (χ1) is 34.9. The molecule has 2 aliphatic rings. The second kappa shape index (κ2) is 17.3. The Morgan fingerprint density at radius 1 is 0.423 bits per heavy atom. The van der Waals surface area contributed by atoms with Crippen LogP contribution in [0, 0.1) is 6.92 Å². The van der Waals surface area contributed by atoms with E-state index in [0.717, 1.165) is 23.1 Å². The fraction of sp³-hybridized carbons (Fsp3) is 0.0896. The highest BCUT2D eigenvalue weighted by Crippen LogP contribution is 2.56. The summed E-state index contributed by atoms with van der Waals surface area (Å²) in [5, 5.41) is 7.75. The molecule has 0 radical (unpaired) electrons. The average Bonchev–Trinajstić information content (AvgIpc) is 3.74. The van der Waals surface area contributed by atoms with Gasteiger partial charge in [0, 0.05) is 32.3 Å². The molecule has 13 rings (SSSR count). The van der Waals surface area contributed by atoms with Gasteiger partial charge in [0.2, 0.25) is 0 Å². The van der Waals surface area contributed by atoms with Gasteiger partial charge >= 0.3 is 0 Å². The molecule has 0 spiro atoms. The second-order valence-corrected chi connectivity index (χ2v) is 20.7. The zero-order valence-corrected chi connectivity index (χ0v) is 40.7. The number of hydrogen-bond donors (Lipinski definition) is 0. The standard InChI is InChI=1S/C67H49N3S/c1-4-43-37-51(65-68-64(44-16-6-5-7-17-44)69-66(70-65)52-30-34-63-61(41-52)62-26-12-13-35-67(62,3)71-63)29-32-54(43)53-31-27-49(36-42(53)2)47-20-14-18-45(38-47)46-19-15-21-48(39-46)50-28-33-59-57-24-9-8-22-55(57)56-23-10-11-25-58(56)60(59)40-50/h5-41,62H,4H2,1-3H3. The highest BCUT2D eigenvalue weighted by molar-refractivity contribution is 8.01. The molecule has 3 nitrogen and oxygen atoms in total. The van der Waals surface area contributed by atoms with Crippen molar-refractivity contribution in [1.29, 1.82) is 0 Å². The summed E-state index contributed by atoms with van der Waals surface area (Å²) in [6.45, 7) is 6.79. The van der Waals surface area contributed by atoms with Crippen molar-refractivity contribution < 1.29 is 0 Å². The molecule has 0 N–H and O–H groups in total. The van der Waals surface area contributed by atoms with E-state index in [4.69, 9.17) is 15.0 Å². The van der Waals surface area contributed by atoms with Crippen molar-refractivity contribution in [3.63, 3.8) is 0 Å². The van der Waals surface area contributed by atoms with Crippen LogP contribution in [0.2, 0.25) is 0 Å². The van der Waals surface area contributed by atoms with Crippen LogP contribution in [0.4, 0.5) is 0 Å². The quantitative estimate of drug-likeness (QED) is 0.142. The van der Waals surface area contributed by atoms with Gasteiger partial charge < -0.3 is 0 Å². The lowest BCUT2D eigenvalue weighted by Gasteiger charge is -2.27. The van der Waals surface area contributed by atoms with Crippen molar-refractivity contribution in [3.05, 3.63) is 241 Å². The van der Waals surface area contributed by atoms with E-state index >= 15 is 0 Å². The van der Waals surface area contributed by atoms with Gasteiger partial charge in [-0.05, 0) is 150 Å². The normalized spacial score (nSPS) is 15.9. The van der Waals surface area contributed by atoms with Crippen LogP contribution in [0.1, 0.15) is 36.5 Å². The highest BCUT2D eigenvalue weighted by Gasteiger charge is 2.41. The van der Waals surface area contributed by atoms with E-state index in [-0.39, 0.29) is 4.75 Å². The topological polar surface area (TPSA) is 38.7 Å². The molecule has 4 heteroatoms. The maximum atomic E-state index is 5.20. The Hall–Kier alpha value is -8.18. The summed E-state index contributed by atoms with van der Waals surface area (Å²) in [6, 6.07) is 73.1. The molecule has 1 aliphatic carbocycles. The van der Waals surface area contributed by atoms with Crippen molar-refractivity contribution in [2.75, 3.05) is 0 Å². The van der Waals surface area contributed by atoms with Crippen LogP contribution in [-0.4, -0.2) is 19.7 Å². The van der Waals surface area contributed by atoms with Crippen molar-refractivity contribution in [2.45, 2.75) is 42.8 Å². The number of rotatable bonds is 8. The van der Waals surface area contributed by atoms with Crippen molar-refractivity contribution in [3.8, 4) is 78.7 Å². The van der Waals surface area contributed by atoms with Gasteiger partial charge in [0.1, 0.15) is 0 Å². The Morgan fingerprint density at radius 2 is 0.915 bits per heavy atom. The summed E-state index contributed by atoms with van der Waals surface area (Å²) in [5.41, 5.74) is 16.4. The molecule has 2 heterocycles. The molecule has 0 fully saturated rings. The third kappa shape index (κ3) is 7.58. The molecule has 1 aromatic heterocycles. The Labute approximate surface area is 419 Å². The summed E-state index contributed by atoms with van der Waals surface area (Å²) in [7, 11) is 0. The van der Waals surface area contributed by atoms with Gasteiger partial charge in [0.15, 0.2) is 17.5 Å². The number of benzene rings is 10. The lowest BCUT2D eigenvalue weighted by atomic mass is 9.83. The van der Waals surface area contributed by atoms with Crippen LogP contribution in [0.15, 0.2) is 229 Å². The van der Waals surface area contributed by atoms with Gasteiger partial charge in [-0.1, -0.05) is 195 Å². The smallest absolute Gasteiger partial charge is 0.164 e. The molecule has 0 bridgehead atoms. The molecule has 1 aliphatic heterocycles. The lowest BCUT2D eigenvalue weighted by molar-refractivity contribution is 0.702. The molecule has 10 aromatic carbocycles. The van der Waals surface area contributed by atoms with Crippen LogP contribution >= 0.6 is 11.8 Å². The molecular weight excluding hydrogens is 879 g/mol. The SMILES string of the molecule is CCc1cc(-c2nc(-c3ccccc3)nc(-c3ccc4c(c3)C3C=CC=CC3(C)S4)n2)ccc1-c1ccc(-c2cccc(-c3cccc(-c4ccc5c6ccccc6c6ccccc6c5c4)c3)c2)cc1C. The Balaban J connectivity index is 0.808. The minimum atomic E-state index is 0.0125. The summed E-state index contributed by atoms with van der Waals surface area (Å²) in [4.78, 5) is 16.7. The average molecular weight is 928 g/mol. The van der Waals surface area contributed by atoms with Gasteiger partial charge in [-0.15, -0.1) is 11.8 Å². The minimum absolute atomic E-state index is 0.0125. The highest BCUT2D eigenvalue weighted by atomic mass is 32.2. The van der Waals surface area contributed by atoms with E-state index in [1.165, 1.54) is 98.4 Å². The van der Waals surface area contributed by atoms with Gasteiger partial charge in [-0.2, -0.15) is 0 Å². The lowest BCUT2D eigenvalue weighted by Crippen LogP contribution is -2.22. The number of thioether (sulfide) groups is 1. The van der Waals surface area contributed by atoms with Gasteiger partial charge in [-0.25, -0.2) is 15.0 Å². The molecule has 0 saturated carbocycles. The molecule has 2 atom stereocenters. The largest absolute Gasteiger partial charge is 0.208 e. The second-order valence-electron chi connectivity index (χ2n) is 19.2. The van der Waals surface area contributed by atoms with Crippen LogP contribution in [0.25, 0.3) is 111 Å². The molecule has 338 valence electrons. The minimum Gasteiger partial charge on any atom is -0.208 e. The van der Waals surface area contributed by atoms with E-state index in [2.05, 4.69) is 227 Å². The number of hydrogen-bond acceptors (Lipinski definition) is 4. The predicted octanol–water partition coefficient (Wildman–Crippen LogP) is 17.9. The Kier molecular flexibility index (Phi) is 10.5. The third-order valence-corrected chi connectivity index (χ3v) is 16.2. The molecule has 2 unspecified atom stereocenters. The zero-order chi connectivity index (χ0) is 47.6. The number of nitrogens with zero attached hydrogens (tertiary/aromatic N) is 3. The van der Waals surface area contributed by atoms with Gasteiger partial charge in [-0.3, -0.25) is 0 Å². The summed E-state index contributed by atoms with van der Waals surface area (Å²) in [5.74, 6) is 2.33. The fourth-order valence-electron chi connectivity index (χ4n) is 11.1. The van der Waals surface area contributed by atoms with E-state index in [1.807, 2.05) is 30.0 Å². The van der Waals surface area contributed by atoms with Crippen LogP contribution < -0.4 is 0 Å². The first-order valence-corrected chi connectivity index (χ1v) is 25.5. The predicted molar refractivity (Wildman–Crippen MR) is 300 cm³/mol. The molecule has 0 amide bonds. The molecule has 0 saturated heterocycles. The fourth-order valence-corrected chi connectivity index (χ4v) is 12.5. The van der Waals surface area contributed by atoms with E-state index < -0.39 is 0 Å². The van der Waals surface area contributed by atoms with Gasteiger partial charge in [0.25, 0.3) is 0 Å². The molecule has 71 heavy (non-hydrogen) atoms. The molecular formula is C67H49N3S. The van der Waals surface area contributed by atoms with Crippen LogP contribution in [0.5, 0.6) is 0 Å². The summed E-state index contributed by atoms with van der Waals surface area (Å²) >= 11 is 1.94. The van der Waals surface area contributed by atoms with E-state index in [1.54, 1.807) is 0 Å². The number of allylic oxidation sites excluding steroid dienone is 3. The summed E-state index contributed by atoms with van der Waals surface area (Å²) in [6.07, 6.45) is 9.86. The first-order valence-electron chi connectivity index (χ1n) is 24.7. The van der Waals surface area contributed by atoms with E-state index in [0.29, 0.717) is 23.4 Å². The van der Waals surface area contributed by atoms with Crippen molar-refractivity contribution in [2.24, 2.45) is 0 Å². The molecule has 11 aromatic rings. The zero-order valence-electron chi connectivity index (χ0n) is 39.9. The summed E-state index contributed by atoms with van der Waals surface area (Å²) < 4.78 is 0.0125. The van der Waals surface area contributed by atoms with Crippen molar-refractivity contribution >= 4 is 44.1 Å². The maximum Gasteiger partial charge on any atom is 0.164 e. The number of aryl methyl sites for hydroxylation is 2. The van der Waals surface area contributed by atoms with Crippen LogP contribution in [-0.2, 0) is 6.42 Å². The number of aromatic nitrogens is 3. The first kappa shape index (κ1) is 42.9. The van der Waals surface area contributed by atoms with Crippen molar-refractivity contribution in [1.82, 2.24) is 15.0 Å². The third-order valence-electron chi connectivity index (χ3n) is 14.8. The Bertz CT molecular complexity index is 3960. The van der Waals surface area contributed by atoms with E-state index in [9.17, 15) is 0 Å². The maximum absolute atomic E-state index is 5.20. The van der Waals surface area contributed by atoms with Crippen LogP contribution in [0.3, 0.4) is 0 Å². The Morgan fingerprint density at radius 3 is 1.55 bits per heavy atom. The van der Waals surface area contributed by atoms with Gasteiger partial charge in [0.05, 0.1) is 0 Å². The number of fused-ring (bicyclic) bond motifs is 9. The monoisotopic (exact) mass is 927 g/mol.